The minimum atomic E-state index is -0.505. The minimum Gasteiger partial charge on any atom is -0.468 e. The Labute approximate surface area is 92.8 Å². The second kappa shape index (κ2) is 6.80. The maximum absolute atomic E-state index is 11.1. The highest BCUT2D eigenvalue weighted by Crippen LogP contribution is 2.06. The van der Waals surface area contributed by atoms with Gasteiger partial charge in [-0.15, -0.1) is 0 Å². The van der Waals surface area contributed by atoms with Crippen LogP contribution in [0.4, 0.5) is 0 Å². The summed E-state index contributed by atoms with van der Waals surface area (Å²) in [6.07, 6.45) is 0.642. The van der Waals surface area contributed by atoms with E-state index < -0.39 is 6.04 Å². The van der Waals surface area contributed by atoms with E-state index in [0.29, 0.717) is 18.5 Å². The Hall–Kier alpha value is -0.610. The lowest BCUT2D eigenvalue weighted by atomic mass is 10.1. The average molecular weight is 216 g/mol. The van der Waals surface area contributed by atoms with Crippen molar-refractivity contribution in [2.75, 3.05) is 13.7 Å². The Morgan fingerprint density at radius 1 is 1.27 bits per heavy atom. The fourth-order valence-corrected chi connectivity index (χ4v) is 1.67. The number of nitrogens with two attached hydrogens (primary N) is 1. The number of ether oxygens (including phenoxy) is 1. The number of rotatable bonds is 6. The van der Waals surface area contributed by atoms with E-state index in [1.807, 2.05) is 0 Å². The van der Waals surface area contributed by atoms with Gasteiger partial charge in [-0.25, -0.2) is 0 Å². The highest BCUT2D eigenvalue weighted by Gasteiger charge is 2.18. The van der Waals surface area contributed by atoms with Crippen molar-refractivity contribution < 1.29 is 9.53 Å². The van der Waals surface area contributed by atoms with E-state index in [-0.39, 0.29) is 5.97 Å². The fraction of sp³-hybridized carbons (Fsp3) is 0.909. The molecule has 0 bridgehead atoms. The van der Waals surface area contributed by atoms with Crippen LogP contribution in [0.15, 0.2) is 0 Å². The number of nitrogens with zero attached hydrogens (tertiary/aromatic N) is 1. The molecule has 2 N–H and O–H groups in total. The minimum absolute atomic E-state index is 0.331. The van der Waals surface area contributed by atoms with E-state index in [9.17, 15) is 4.79 Å². The van der Waals surface area contributed by atoms with Crippen molar-refractivity contribution in [3.8, 4) is 0 Å². The van der Waals surface area contributed by atoms with Crippen molar-refractivity contribution in [2.45, 2.75) is 52.2 Å². The molecule has 0 fully saturated rings. The van der Waals surface area contributed by atoms with Crippen LogP contribution in [0.5, 0.6) is 0 Å². The summed E-state index contributed by atoms with van der Waals surface area (Å²) in [6, 6.07) is 0.430. The number of hydrogen-bond donors (Lipinski definition) is 1. The highest BCUT2D eigenvalue weighted by molar-refractivity contribution is 5.75. The molecule has 0 rings (SSSR count). The summed E-state index contributed by atoms with van der Waals surface area (Å²) >= 11 is 0. The van der Waals surface area contributed by atoms with Crippen molar-refractivity contribution in [3.63, 3.8) is 0 Å². The quantitative estimate of drug-likeness (QED) is 0.673. The van der Waals surface area contributed by atoms with Crippen molar-refractivity contribution in [1.29, 1.82) is 0 Å². The van der Waals surface area contributed by atoms with Gasteiger partial charge < -0.3 is 10.5 Å². The zero-order valence-corrected chi connectivity index (χ0v) is 10.5. The second-order valence-electron chi connectivity index (χ2n) is 4.34. The summed E-state index contributed by atoms with van der Waals surface area (Å²) in [5, 5.41) is 0. The normalized spacial score (nSPS) is 13.7. The molecule has 1 unspecified atom stereocenters. The molecule has 0 aliphatic heterocycles. The molecule has 0 amide bonds. The summed E-state index contributed by atoms with van der Waals surface area (Å²) < 4.78 is 4.58. The molecule has 0 aromatic heterocycles. The maximum Gasteiger partial charge on any atom is 0.322 e. The van der Waals surface area contributed by atoms with Gasteiger partial charge in [-0.2, -0.15) is 0 Å². The van der Waals surface area contributed by atoms with Gasteiger partial charge in [-0.3, -0.25) is 9.69 Å². The van der Waals surface area contributed by atoms with Gasteiger partial charge in [0.2, 0.25) is 0 Å². The Kier molecular flexibility index (Phi) is 6.52. The monoisotopic (exact) mass is 216 g/mol. The predicted molar refractivity (Wildman–Crippen MR) is 61.6 cm³/mol. The summed E-state index contributed by atoms with van der Waals surface area (Å²) in [5.74, 6) is -0.331. The molecule has 0 spiro atoms. The maximum atomic E-state index is 11.1. The lowest BCUT2D eigenvalue weighted by molar-refractivity contribution is -0.142. The predicted octanol–water partition coefficient (Wildman–Crippen LogP) is 0.996. The first kappa shape index (κ1) is 14.4. The van der Waals surface area contributed by atoms with E-state index in [4.69, 9.17) is 5.73 Å². The van der Waals surface area contributed by atoms with Crippen LogP contribution >= 0.6 is 0 Å². The molecule has 4 nitrogen and oxygen atoms in total. The van der Waals surface area contributed by atoms with Crippen LogP contribution in [0.2, 0.25) is 0 Å². The molecule has 0 heterocycles. The van der Waals surface area contributed by atoms with Crippen LogP contribution < -0.4 is 5.73 Å². The molecular weight excluding hydrogens is 192 g/mol. The summed E-state index contributed by atoms with van der Waals surface area (Å²) in [6.45, 7) is 9.40. The summed E-state index contributed by atoms with van der Waals surface area (Å²) in [7, 11) is 1.37. The van der Waals surface area contributed by atoms with Gasteiger partial charge in [0.25, 0.3) is 0 Å². The third-order valence-electron chi connectivity index (χ3n) is 2.53. The van der Waals surface area contributed by atoms with Gasteiger partial charge in [0.05, 0.1) is 7.11 Å². The number of carbonyl (C=O) groups is 1. The first-order chi connectivity index (χ1) is 6.90. The number of carbonyl (C=O) groups excluding carboxylic acids is 1. The third kappa shape index (κ3) is 5.14. The lowest BCUT2D eigenvalue weighted by Crippen LogP contribution is -2.42. The van der Waals surface area contributed by atoms with E-state index >= 15 is 0 Å². The van der Waals surface area contributed by atoms with Gasteiger partial charge in [0.15, 0.2) is 0 Å². The van der Waals surface area contributed by atoms with Crippen molar-refractivity contribution in [2.24, 2.45) is 5.73 Å². The first-order valence-electron chi connectivity index (χ1n) is 5.49. The van der Waals surface area contributed by atoms with Crippen LogP contribution in [0.1, 0.15) is 34.1 Å². The van der Waals surface area contributed by atoms with E-state index in [0.717, 1.165) is 6.54 Å². The van der Waals surface area contributed by atoms with E-state index in [2.05, 4.69) is 37.3 Å². The topological polar surface area (TPSA) is 55.6 Å². The number of methoxy groups -OCH3 is 1. The van der Waals surface area contributed by atoms with Crippen LogP contribution in [-0.4, -0.2) is 42.6 Å². The van der Waals surface area contributed by atoms with Crippen molar-refractivity contribution >= 4 is 5.97 Å². The molecule has 0 aromatic carbocycles. The largest absolute Gasteiger partial charge is 0.468 e. The molecular formula is C11H24N2O2. The van der Waals surface area contributed by atoms with Crippen LogP contribution in [-0.2, 0) is 9.53 Å². The lowest BCUT2D eigenvalue weighted by Gasteiger charge is -2.31. The molecule has 0 aliphatic rings. The van der Waals surface area contributed by atoms with Crippen LogP contribution in [0.25, 0.3) is 0 Å². The average Bonchev–Trinajstić information content (AvgIpc) is 2.15. The van der Waals surface area contributed by atoms with Gasteiger partial charge in [-0.05, 0) is 34.1 Å². The Balaban J connectivity index is 4.05. The molecule has 0 aromatic rings. The second-order valence-corrected chi connectivity index (χ2v) is 4.34. The Morgan fingerprint density at radius 2 is 1.73 bits per heavy atom. The summed E-state index contributed by atoms with van der Waals surface area (Å²) in [5.41, 5.74) is 5.68. The van der Waals surface area contributed by atoms with Gasteiger partial charge in [0.1, 0.15) is 6.04 Å². The number of esters is 1. The number of hydrogen-bond acceptors (Lipinski definition) is 4. The van der Waals surface area contributed by atoms with Gasteiger partial charge in [-0.1, -0.05) is 0 Å². The zero-order valence-electron chi connectivity index (χ0n) is 10.5. The van der Waals surface area contributed by atoms with Crippen LogP contribution in [0, 0.1) is 0 Å². The molecule has 0 radical (unpaired) electrons. The highest BCUT2D eigenvalue weighted by atomic mass is 16.5. The first-order valence-corrected chi connectivity index (χ1v) is 5.49. The third-order valence-corrected chi connectivity index (χ3v) is 2.53. The van der Waals surface area contributed by atoms with Gasteiger partial charge in [0, 0.05) is 18.6 Å². The smallest absolute Gasteiger partial charge is 0.322 e. The van der Waals surface area contributed by atoms with Crippen LogP contribution in [0.3, 0.4) is 0 Å². The van der Waals surface area contributed by atoms with Gasteiger partial charge >= 0.3 is 5.97 Å². The van der Waals surface area contributed by atoms with E-state index in [1.54, 1.807) is 0 Å². The molecule has 1 atom stereocenters. The Morgan fingerprint density at radius 3 is 2.07 bits per heavy atom. The van der Waals surface area contributed by atoms with Crippen molar-refractivity contribution in [3.05, 3.63) is 0 Å². The Bertz CT molecular complexity index is 185. The molecule has 15 heavy (non-hydrogen) atoms. The molecule has 0 aliphatic carbocycles. The molecule has 0 saturated heterocycles. The molecule has 4 heteroatoms. The summed E-state index contributed by atoms with van der Waals surface area (Å²) in [4.78, 5) is 13.4. The van der Waals surface area contributed by atoms with E-state index in [1.165, 1.54) is 7.11 Å². The van der Waals surface area contributed by atoms with Crippen molar-refractivity contribution in [1.82, 2.24) is 4.90 Å². The zero-order chi connectivity index (χ0) is 12.0. The fourth-order valence-electron chi connectivity index (χ4n) is 1.67. The molecule has 0 saturated carbocycles. The SMILES string of the molecule is COC(=O)C(N)CCN(C(C)C)C(C)C. The standard InChI is InChI=1S/C11H24N2O2/c1-8(2)13(9(3)4)7-6-10(12)11(14)15-5/h8-10H,6-7,12H2,1-5H3. The molecule has 90 valence electrons.